The summed E-state index contributed by atoms with van der Waals surface area (Å²) in [5.74, 6) is -1.35. The molecule has 1 atom stereocenters. The Morgan fingerprint density at radius 3 is 2.33 bits per heavy atom. The number of ketones is 1. The van der Waals surface area contributed by atoms with Crippen LogP contribution in [-0.4, -0.2) is 48.6 Å². The third kappa shape index (κ3) is 6.12. The number of thiazole rings is 1. The molecule has 0 radical (unpaired) electrons. The minimum absolute atomic E-state index is 0.109. The van der Waals surface area contributed by atoms with E-state index in [0.29, 0.717) is 40.7 Å². The van der Waals surface area contributed by atoms with Gasteiger partial charge in [0.1, 0.15) is 23.0 Å². The van der Waals surface area contributed by atoms with Gasteiger partial charge in [-0.2, -0.15) is 0 Å². The van der Waals surface area contributed by atoms with Crippen molar-refractivity contribution in [3.8, 4) is 17.2 Å². The normalized spacial score (nSPS) is 15.7. The number of hydrogen-bond donors (Lipinski definition) is 1. The number of aliphatic hydroxyl groups is 1. The number of esters is 1. The van der Waals surface area contributed by atoms with E-state index in [4.69, 9.17) is 18.9 Å². The van der Waals surface area contributed by atoms with Crippen LogP contribution in [0.4, 0.5) is 5.13 Å². The molecule has 0 spiro atoms. The van der Waals surface area contributed by atoms with Gasteiger partial charge in [0, 0.05) is 5.56 Å². The third-order valence-electron chi connectivity index (χ3n) is 7.31. The first-order valence-corrected chi connectivity index (χ1v) is 14.9. The lowest BCUT2D eigenvalue weighted by Crippen LogP contribution is -2.29. The lowest BCUT2D eigenvalue weighted by Gasteiger charge is -2.24. The predicted octanol–water partition coefficient (Wildman–Crippen LogP) is 6.16. The average Bonchev–Trinajstić information content (AvgIpc) is 3.56. The highest BCUT2D eigenvalue weighted by Crippen LogP contribution is 2.45. The minimum Gasteiger partial charge on any atom is -0.507 e. The molecule has 1 N–H and O–H groups in total. The van der Waals surface area contributed by atoms with E-state index in [1.807, 2.05) is 37.3 Å². The number of nitrogens with zero attached hydrogens (tertiary/aromatic N) is 2. The second-order valence-electron chi connectivity index (χ2n) is 10.2. The van der Waals surface area contributed by atoms with Crippen molar-refractivity contribution in [2.75, 3.05) is 25.7 Å². The van der Waals surface area contributed by atoms with Crippen LogP contribution in [0.25, 0.3) is 5.76 Å². The van der Waals surface area contributed by atoms with Gasteiger partial charge in [-0.1, -0.05) is 47.7 Å². The molecule has 45 heavy (non-hydrogen) atoms. The minimum atomic E-state index is -1.10. The van der Waals surface area contributed by atoms with Crippen LogP contribution in [0.1, 0.15) is 50.6 Å². The Morgan fingerprint density at radius 1 is 0.956 bits per heavy atom. The number of benzene rings is 3. The smallest absolute Gasteiger partial charge is 0.350 e. The largest absolute Gasteiger partial charge is 0.507 e. The van der Waals surface area contributed by atoms with Crippen molar-refractivity contribution in [3.05, 3.63) is 105 Å². The van der Waals surface area contributed by atoms with E-state index in [2.05, 4.69) is 4.98 Å². The first-order chi connectivity index (χ1) is 21.7. The first kappa shape index (κ1) is 31.3. The monoisotopic (exact) mass is 628 g/mol. The number of aromatic nitrogens is 1. The van der Waals surface area contributed by atoms with Crippen molar-refractivity contribution < 1.29 is 38.4 Å². The van der Waals surface area contributed by atoms with Crippen molar-refractivity contribution in [2.45, 2.75) is 33.4 Å². The van der Waals surface area contributed by atoms with E-state index >= 15 is 0 Å². The van der Waals surface area contributed by atoms with Crippen molar-refractivity contribution in [1.82, 2.24) is 4.98 Å². The van der Waals surface area contributed by atoms with Gasteiger partial charge < -0.3 is 24.1 Å². The number of carbonyl (C=O) groups excluding carboxylic acids is 3. The van der Waals surface area contributed by atoms with Crippen LogP contribution in [0.2, 0.25) is 0 Å². The lowest BCUT2D eigenvalue weighted by atomic mass is 9.94. The number of hydrogen-bond acceptors (Lipinski definition) is 10. The first-order valence-electron chi connectivity index (χ1n) is 14.1. The average molecular weight is 629 g/mol. The number of amides is 1. The van der Waals surface area contributed by atoms with E-state index in [1.165, 1.54) is 19.1 Å². The summed E-state index contributed by atoms with van der Waals surface area (Å²) in [6.07, 6.45) is 0. The zero-order valence-electron chi connectivity index (χ0n) is 25.5. The molecule has 1 aromatic heterocycles. The summed E-state index contributed by atoms with van der Waals surface area (Å²) < 4.78 is 22.0. The molecule has 5 rings (SSSR count). The highest BCUT2D eigenvalue weighted by atomic mass is 32.1. The maximum Gasteiger partial charge on any atom is 0.350 e. The van der Waals surface area contributed by atoms with Crippen LogP contribution in [-0.2, 0) is 20.9 Å². The molecule has 0 saturated carbocycles. The van der Waals surface area contributed by atoms with Gasteiger partial charge in [0.25, 0.3) is 5.78 Å². The van der Waals surface area contributed by atoms with E-state index in [1.54, 1.807) is 50.2 Å². The summed E-state index contributed by atoms with van der Waals surface area (Å²) >= 11 is 0.935. The fourth-order valence-corrected chi connectivity index (χ4v) is 6.08. The Kier molecular flexibility index (Phi) is 9.19. The molecule has 1 amide bonds. The number of carbonyl (C=O) groups is 3. The Hall–Kier alpha value is -5.16. The second kappa shape index (κ2) is 13.2. The molecule has 0 aliphatic carbocycles. The molecule has 4 aromatic rings. The molecule has 1 saturated heterocycles. The Balaban J connectivity index is 1.61. The van der Waals surface area contributed by atoms with E-state index in [-0.39, 0.29) is 27.9 Å². The quantitative estimate of drug-likeness (QED) is 0.0952. The number of rotatable bonds is 10. The van der Waals surface area contributed by atoms with E-state index in [9.17, 15) is 19.5 Å². The number of aliphatic hydroxyl groups excluding tert-OH is 1. The SMILES string of the molecule is CCOC(=O)c1sc(N2C(=O)C(=O)/C(=C(/O)c3ccc(OCc4ccccc4)c(C)c3)[C@H]2c2ccc(OC)c(OC)c2)nc1C. The van der Waals surface area contributed by atoms with E-state index < -0.39 is 23.7 Å². The lowest BCUT2D eigenvalue weighted by molar-refractivity contribution is -0.132. The highest BCUT2D eigenvalue weighted by molar-refractivity contribution is 7.17. The van der Waals surface area contributed by atoms with Gasteiger partial charge in [0.2, 0.25) is 0 Å². The predicted molar refractivity (Wildman–Crippen MR) is 169 cm³/mol. The zero-order valence-corrected chi connectivity index (χ0v) is 26.3. The van der Waals surface area contributed by atoms with Gasteiger partial charge in [-0.05, 0) is 67.8 Å². The number of anilines is 1. The van der Waals surface area contributed by atoms with Gasteiger partial charge in [-0.15, -0.1) is 0 Å². The molecule has 2 heterocycles. The Labute approximate surface area is 264 Å². The Bertz CT molecular complexity index is 1800. The summed E-state index contributed by atoms with van der Waals surface area (Å²) in [6.45, 7) is 5.67. The molecule has 232 valence electrons. The van der Waals surface area contributed by atoms with E-state index in [0.717, 1.165) is 22.5 Å². The van der Waals surface area contributed by atoms with Gasteiger partial charge >= 0.3 is 11.9 Å². The van der Waals surface area contributed by atoms with Crippen molar-refractivity contribution in [2.24, 2.45) is 0 Å². The summed E-state index contributed by atoms with van der Waals surface area (Å²) in [5.41, 5.74) is 2.71. The summed E-state index contributed by atoms with van der Waals surface area (Å²) in [7, 11) is 2.97. The van der Waals surface area contributed by atoms with Crippen molar-refractivity contribution >= 4 is 39.9 Å². The number of Topliss-reactive ketones (excluding diaryl/α,β-unsaturated/α-hetero) is 1. The summed E-state index contributed by atoms with van der Waals surface area (Å²) in [5, 5.41) is 11.8. The van der Waals surface area contributed by atoms with Gasteiger partial charge in [-0.3, -0.25) is 14.5 Å². The van der Waals surface area contributed by atoms with Crippen LogP contribution in [0, 0.1) is 13.8 Å². The van der Waals surface area contributed by atoms with Crippen LogP contribution in [0.5, 0.6) is 17.2 Å². The molecular formula is C34H32N2O8S. The molecule has 1 aliphatic heterocycles. The maximum absolute atomic E-state index is 13.7. The van der Waals surface area contributed by atoms with Gasteiger partial charge in [0.05, 0.1) is 38.1 Å². The van der Waals surface area contributed by atoms with Crippen molar-refractivity contribution in [1.29, 1.82) is 0 Å². The number of methoxy groups -OCH3 is 2. The molecular weight excluding hydrogens is 596 g/mol. The molecule has 1 fully saturated rings. The van der Waals surface area contributed by atoms with Crippen LogP contribution in [0.15, 0.2) is 72.3 Å². The standard InChI is InChI=1S/C34H32N2O8S/c1-6-43-33(40)31-20(3)35-34(45-31)36-28(22-12-15-25(41-4)26(17-22)42-5)27(30(38)32(36)39)29(37)23-13-14-24(19(2)16-23)44-18-21-10-8-7-9-11-21/h7-17,28,37H,6,18H2,1-5H3/b29-27+/t28-/m1/s1. The number of aryl methyl sites for hydroxylation is 2. The highest BCUT2D eigenvalue weighted by Gasteiger charge is 2.48. The fourth-order valence-electron chi connectivity index (χ4n) is 5.09. The molecule has 1 aliphatic rings. The van der Waals surface area contributed by atoms with Crippen LogP contribution < -0.4 is 19.1 Å². The van der Waals surface area contributed by atoms with Crippen LogP contribution >= 0.6 is 11.3 Å². The maximum atomic E-state index is 13.7. The molecule has 0 unspecified atom stereocenters. The van der Waals surface area contributed by atoms with Crippen LogP contribution in [0.3, 0.4) is 0 Å². The number of ether oxygens (including phenoxy) is 4. The molecule has 0 bridgehead atoms. The fraction of sp³-hybridized carbons (Fsp3) is 0.235. The molecule has 3 aromatic carbocycles. The Morgan fingerprint density at radius 2 is 1.67 bits per heavy atom. The third-order valence-corrected chi connectivity index (χ3v) is 8.44. The molecule has 11 heteroatoms. The second-order valence-corrected chi connectivity index (χ2v) is 11.1. The van der Waals surface area contributed by atoms with Gasteiger partial charge in [0.15, 0.2) is 16.6 Å². The zero-order chi connectivity index (χ0) is 32.2. The topological polar surface area (TPSA) is 124 Å². The van der Waals surface area contributed by atoms with Gasteiger partial charge in [-0.25, -0.2) is 9.78 Å². The molecule has 10 nitrogen and oxygen atoms in total. The summed E-state index contributed by atoms with van der Waals surface area (Å²) in [6, 6.07) is 18.6. The van der Waals surface area contributed by atoms with Crippen molar-refractivity contribution in [3.63, 3.8) is 0 Å². The summed E-state index contributed by atoms with van der Waals surface area (Å²) in [4.78, 5) is 45.8.